The van der Waals surface area contributed by atoms with Crippen LogP contribution in [-0.2, 0) is 9.59 Å². The third-order valence-corrected chi connectivity index (χ3v) is 4.11. The van der Waals surface area contributed by atoms with Crippen LogP contribution < -0.4 is 5.32 Å². The maximum Gasteiger partial charge on any atom is 0.329 e. The van der Waals surface area contributed by atoms with Crippen molar-refractivity contribution in [1.29, 1.82) is 0 Å². The summed E-state index contributed by atoms with van der Waals surface area (Å²) in [6.45, 7) is 3.43. The second kappa shape index (κ2) is 5.26. The first-order valence-corrected chi connectivity index (χ1v) is 6.86. The van der Waals surface area contributed by atoms with E-state index >= 15 is 0 Å². The van der Waals surface area contributed by atoms with Gasteiger partial charge in [0.05, 0.1) is 6.54 Å². The molecule has 1 aliphatic heterocycles. The predicted octanol–water partition coefficient (Wildman–Crippen LogP) is 0.984. The maximum absolute atomic E-state index is 11.9. The van der Waals surface area contributed by atoms with E-state index in [4.69, 9.17) is 5.11 Å². The van der Waals surface area contributed by atoms with Gasteiger partial charge in [-0.15, -0.1) is 0 Å². The van der Waals surface area contributed by atoms with Crippen LogP contribution in [0.3, 0.4) is 0 Å². The average Bonchev–Trinajstić information content (AvgIpc) is 3.10. The summed E-state index contributed by atoms with van der Waals surface area (Å²) in [5.41, 5.74) is -0.950. The van der Waals surface area contributed by atoms with Crippen LogP contribution in [0.5, 0.6) is 0 Å². The quantitative estimate of drug-likeness (QED) is 0.767. The van der Waals surface area contributed by atoms with E-state index in [-0.39, 0.29) is 5.91 Å². The number of nitrogens with zero attached hydrogens (tertiary/aromatic N) is 1. The molecule has 1 unspecified atom stereocenters. The lowest BCUT2D eigenvalue weighted by Gasteiger charge is -2.34. The lowest BCUT2D eigenvalue weighted by molar-refractivity contribution is -0.143. The number of likely N-dealkylation sites (tertiary alicyclic amines) is 1. The fraction of sp³-hybridized carbons (Fsp3) is 0.846. The van der Waals surface area contributed by atoms with E-state index in [1.165, 1.54) is 6.42 Å². The second-order valence-corrected chi connectivity index (χ2v) is 5.46. The van der Waals surface area contributed by atoms with Crippen LogP contribution in [0.25, 0.3) is 0 Å². The van der Waals surface area contributed by atoms with Gasteiger partial charge in [0.2, 0.25) is 5.91 Å². The molecule has 0 spiro atoms. The summed E-state index contributed by atoms with van der Waals surface area (Å²) in [5, 5.41) is 11.7. The second-order valence-electron chi connectivity index (χ2n) is 5.46. The molecule has 1 saturated heterocycles. The number of carboxylic acid groups (broad SMARTS) is 1. The Hall–Kier alpha value is -1.10. The van der Waals surface area contributed by atoms with Gasteiger partial charge in [-0.25, -0.2) is 4.79 Å². The minimum absolute atomic E-state index is 0.143. The molecule has 5 heteroatoms. The molecular weight excluding hydrogens is 232 g/mol. The molecule has 2 fully saturated rings. The van der Waals surface area contributed by atoms with E-state index in [9.17, 15) is 9.59 Å². The van der Waals surface area contributed by atoms with Crippen LogP contribution in [0, 0.1) is 0 Å². The molecule has 1 aliphatic carbocycles. The third-order valence-electron chi connectivity index (χ3n) is 4.11. The zero-order chi connectivity index (χ0) is 13.2. The van der Waals surface area contributed by atoms with Gasteiger partial charge in [-0.05, 0) is 38.6 Å². The highest BCUT2D eigenvalue weighted by Crippen LogP contribution is 2.35. The Labute approximate surface area is 108 Å². The number of aliphatic carboxylic acids is 1. The summed E-state index contributed by atoms with van der Waals surface area (Å²) in [4.78, 5) is 25.1. The van der Waals surface area contributed by atoms with Gasteiger partial charge in [0.1, 0.15) is 5.54 Å². The standard InChI is InChI=1S/C13H22N2O3/c1-2-10-5-3-4-8-15(10)9-11(16)14-13(6-7-13)12(17)18/h10H,2-9H2,1H3,(H,14,16)(H,17,18). The SMILES string of the molecule is CCC1CCCCN1CC(=O)NC1(C(=O)O)CC1. The Morgan fingerprint density at radius 2 is 2.11 bits per heavy atom. The summed E-state index contributed by atoms with van der Waals surface area (Å²) in [5.74, 6) is -1.04. The van der Waals surface area contributed by atoms with Crippen molar-refractivity contribution in [1.82, 2.24) is 10.2 Å². The highest BCUT2D eigenvalue weighted by molar-refractivity contribution is 5.90. The van der Waals surface area contributed by atoms with E-state index in [1.54, 1.807) is 0 Å². The molecule has 0 radical (unpaired) electrons. The van der Waals surface area contributed by atoms with E-state index in [0.29, 0.717) is 25.4 Å². The lowest BCUT2D eigenvalue weighted by Crippen LogP contribution is -2.50. The molecule has 2 aliphatic rings. The Morgan fingerprint density at radius 3 is 2.67 bits per heavy atom. The molecule has 0 aromatic heterocycles. The summed E-state index contributed by atoms with van der Waals surface area (Å²) >= 11 is 0. The summed E-state index contributed by atoms with van der Waals surface area (Å²) in [6, 6.07) is 0.476. The summed E-state index contributed by atoms with van der Waals surface area (Å²) < 4.78 is 0. The zero-order valence-corrected chi connectivity index (χ0v) is 10.9. The molecule has 0 bridgehead atoms. The van der Waals surface area contributed by atoms with Crippen molar-refractivity contribution in [2.75, 3.05) is 13.1 Å². The lowest BCUT2D eigenvalue weighted by atomic mass is 10.00. The first-order chi connectivity index (χ1) is 8.57. The average molecular weight is 254 g/mol. The van der Waals surface area contributed by atoms with Crippen LogP contribution in [0.1, 0.15) is 45.4 Å². The Morgan fingerprint density at radius 1 is 1.39 bits per heavy atom. The molecule has 1 heterocycles. The van der Waals surface area contributed by atoms with Crippen molar-refractivity contribution >= 4 is 11.9 Å². The third kappa shape index (κ3) is 2.83. The fourth-order valence-corrected chi connectivity index (χ4v) is 2.74. The van der Waals surface area contributed by atoms with Crippen LogP contribution in [-0.4, -0.2) is 46.6 Å². The number of carboxylic acids is 1. The van der Waals surface area contributed by atoms with Gasteiger partial charge in [-0.3, -0.25) is 9.69 Å². The monoisotopic (exact) mass is 254 g/mol. The molecular formula is C13H22N2O3. The molecule has 0 aromatic rings. The summed E-state index contributed by atoms with van der Waals surface area (Å²) in [7, 11) is 0. The molecule has 5 nitrogen and oxygen atoms in total. The van der Waals surface area contributed by atoms with E-state index in [2.05, 4.69) is 17.1 Å². The number of amides is 1. The molecule has 1 saturated carbocycles. The highest BCUT2D eigenvalue weighted by Gasteiger charge is 2.51. The van der Waals surface area contributed by atoms with Crippen LogP contribution >= 0.6 is 0 Å². The molecule has 1 atom stereocenters. The largest absolute Gasteiger partial charge is 0.480 e. The smallest absolute Gasteiger partial charge is 0.329 e. The number of hydrogen-bond donors (Lipinski definition) is 2. The Kier molecular flexibility index (Phi) is 3.90. The van der Waals surface area contributed by atoms with Crippen LogP contribution in [0.4, 0.5) is 0 Å². The number of piperidine rings is 1. The number of rotatable bonds is 5. The molecule has 2 N–H and O–H groups in total. The number of carbonyl (C=O) groups is 2. The van der Waals surface area contributed by atoms with Crippen molar-refractivity contribution in [2.45, 2.75) is 57.0 Å². The molecule has 18 heavy (non-hydrogen) atoms. The Bertz CT molecular complexity index is 339. The zero-order valence-electron chi connectivity index (χ0n) is 10.9. The van der Waals surface area contributed by atoms with E-state index < -0.39 is 11.5 Å². The molecule has 1 amide bonds. The number of nitrogens with one attached hydrogen (secondary N) is 1. The van der Waals surface area contributed by atoms with Crippen molar-refractivity contribution in [3.63, 3.8) is 0 Å². The topological polar surface area (TPSA) is 69.6 Å². The molecule has 0 aromatic carbocycles. The van der Waals surface area contributed by atoms with Gasteiger partial charge >= 0.3 is 5.97 Å². The normalized spacial score (nSPS) is 26.6. The predicted molar refractivity (Wildman–Crippen MR) is 67.2 cm³/mol. The van der Waals surface area contributed by atoms with Crippen molar-refractivity contribution in [3.8, 4) is 0 Å². The minimum Gasteiger partial charge on any atom is -0.480 e. The van der Waals surface area contributed by atoms with Crippen molar-refractivity contribution in [3.05, 3.63) is 0 Å². The first-order valence-electron chi connectivity index (χ1n) is 6.86. The highest BCUT2D eigenvalue weighted by atomic mass is 16.4. The van der Waals surface area contributed by atoms with Gasteiger partial charge in [0, 0.05) is 6.04 Å². The maximum atomic E-state index is 11.9. The molecule has 102 valence electrons. The summed E-state index contributed by atoms with van der Waals surface area (Å²) in [6.07, 6.45) is 5.69. The minimum atomic E-state index is -0.950. The van der Waals surface area contributed by atoms with E-state index in [0.717, 1.165) is 25.8 Å². The molecule has 2 rings (SSSR count). The van der Waals surface area contributed by atoms with Crippen LogP contribution in [0.2, 0.25) is 0 Å². The van der Waals surface area contributed by atoms with Crippen LogP contribution in [0.15, 0.2) is 0 Å². The van der Waals surface area contributed by atoms with Gasteiger partial charge < -0.3 is 10.4 Å². The van der Waals surface area contributed by atoms with Gasteiger partial charge in [0.15, 0.2) is 0 Å². The van der Waals surface area contributed by atoms with Gasteiger partial charge in [-0.2, -0.15) is 0 Å². The number of carbonyl (C=O) groups excluding carboxylic acids is 1. The van der Waals surface area contributed by atoms with Crippen molar-refractivity contribution < 1.29 is 14.7 Å². The van der Waals surface area contributed by atoms with Gasteiger partial charge in [-0.1, -0.05) is 13.3 Å². The van der Waals surface area contributed by atoms with Gasteiger partial charge in [0.25, 0.3) is 0 Å². The van der Waals surface area contributed by atoms with E-state index in [1.807, 2.05) is 0 Å². The van der Waals surface area contributed by atoms with Crippen molar-refractivity contribution in [2.24, 2.45) is 0 Å². The first kappa shape index (κ1) is 13.3. The number of hydrogen-bond acceptors (Lipinski definition) is 3. The fourth-order valence-electron chi connectivity index (χ4n) is 2.74. The Balaban J connectivity index is 1.85.